The van der Waals surface area contributed by atoms with Crippen molar-refractivity contribution in [2.75, 3.05) is 0 Å². The lowest BCUT2D eigenvalue weighted by Gasteiger charge is -2.78. The summed E-state index contributed by atoms with van der Waals surface area (Å²) in [5, 5.41) is 0. The van der Waals surface area contributed by atoms with Crippen molar-refractivity contribution in [2.45, 2.75) is 426 Å². The Bertz CT molecular complexity index is 2580. The van der Waals surface area contributed by atoms with E-state index in [-0.39, 0.29) is 0 Å². The molecule has 0 heteroatoms. The first-order valence-electron chi connectivity index (χ1n) is 47.5. The highest BCUT2D eigenvalue weighted by atomic mass is 14.8. The van der Waals surface area contributed by atoms with Gasteiger partial charge in [-0.3, -0.25) is 0 Å². The monoisotopic (exact) mass is 1360 g/mol. The molecule has 0 radical (unpaired) electrons. The molecule has 28 fully saturated rings. The van der Waals surface area contributed by atoms with Crippen LogP contribution in [-0.2, 0) is 6.42 Å². The van der Waals surface area contributed by atoms with Crippen LogP contribution in [0.25, 0.3) is 0 Å². The minimum atomic E-state index is 0.725. The van der Waals surface area contributed by atoms with Gasteiger partial charge in [-0.15, -0.1) is 0 Å². The summed E-state index contributed by atoms with van der Waals surface area (Å²) >= 11 is 0. The average molecular weight is 1360 g/mol. The third kappa shape index (κ3) is 13.4. The molecule has 4 atom stereocenters. The van der Waals surface area contributed by atoms with E-state index in [4.69, 9.17) is 0 Å². The molecule has 558 valence electrons. The first-order chi connectivity index (χ1) is 48.5. The van der Waals surface area contributed by atoms with Gasteiger partial charge >= 0.3 is 0 Å². The highest BCUT2D eigenvalue weighted by Crippen LogP contribution is 2.84. The minimum absolute atomic E-state index is 0.725. The Kier molecular flexibility index (Phi) is 18.6. The summed E-state index contributed by atoms with van der Waals surface area (Å²) < 4.78 is 0. The highest BCUT2D eigenvalue weighted by molar-refractivity contribution is 5.24. The standard InChI is InChI=1S/C36H62.C24H38.C22H34.C18H24/c1-5-9-13-31-17-29-18-32(23-31,14-10-6-2)26-35(21-29,25-31)36-22-30-19-33(27-36,15-11-7-3)24-34(20-30,28-36)16-12-8-4;1(3-23-11-17-5-18(12-23)7-19(6-17)13-23)2-4-24-14-20-8-21(15-24)10-22(9-20)16-24;1(21-9-15-3-16(10-21)5-17(4-15)11-21)2-22-12-18-6-19(13-22)8-20(7-18)14-22;1-2-4-14(5-3-1)6-7-18-11-15-8-16(12-18)10-17(9-15)13-18/h29-30H,5-28H2,1-4H3;17-22H,1-16H2;15-20H,1-14H2;1-5,15-17H,6-13H2. The Labute approximate surface area is 618 Å². The maximum Gasteiger partial charge on any atom is -0.0227 e. The molecule has 0 saturated heterocycles. The zero-order chi connectivity index (χ0) is 67.3. The predicted octanol–water partition coefficient (Wildman–Crippen LogP) is 29.7. The molecular formula is C100H158. The normalized spacial score (nSPS) is 52.7. The van der Waals surface area contributed by atoms with Crippen LogP contribution in [0.3, 0.4) is 0 Å². The number of benzene rings is 1. The third-order valence-electron chi connectivity index (χ3n) is 39.4. The van der Waals surface area contributed by atoms with E-state index in [1.807, 2.05) is 0 Å². The fourth-order valence-corrected chi connectivity index (χ4v) is 39.8. The average Bonchev–Trinajstić information content (AvgIpc) is 0.662. The van der Waals surface area contributed by atoms with Gasteiger partial charge in [0.2, 0.25) is 0 Å². The Morgan fingerprint density at radius 1 is 0.210 bits per heavy atom. The van der Waals surface area contributed by atoms with Crippen molar-refractivity contribution in [3.05, 3.63) is 35.9 Å². The van der Waals surface area contributed by atoms with Crippen molar-refractivity contribution in [3.63, 3.8) is 0 Å². The molecule has 29 rings (SSSR count). The number of rotatable bonds is 24. The second kappa shape index (κ2) is 26.8. The Morgan fingerprint density at radius 2 is 0.420 bits per heavy atom. The van der Waals surface area contributed by atoms with E-state index >= 15 is 0 Å². The molecule has 0 aliphatic heterocycles. The summed E-state index contributed by atoms with van der Waals surface area (Å²) in [6.07, 6.45) is 98.7. The van der Waals surface area contributed by atoms with Gasteiger partial charge in [-0.05, 0) is 500 Å². The first kappa shape index (κ1) is 69.7. The predicted molar refractivity (Wildman–Crippen MR) is 421 cm³/mol. The van der Waals surface area contributed by atoms with Crippen molar-refractivity contribution in [1.29, 1.82) is 0 Å². The number of unbranched alkanes of at least 4 members (excludes halogenated alkanes) is 5. The topological polar surface area (TPSA) is 0 Å². The van der Waals surface area contributed by atoms with Crippen LogP contribution in [-0.4, -0.2) is 0 Å². The lowest BCUT2D eigenvalue weighted by molar-refractivity contribution is -0.278. The van der Waals surface area contributed by atoms with Crippen molar-refractivity contribution < 1.29 is 0 Å². The molecule has 28 saturated carbocycles. The smallest absolute Gasteiger partial charge is 0.0227 e. The minimum Gasteiger partial charge on any atom is -0.0654 e. The Balaban J connectivity index is 0.0000000958. The molecule has 0 aromatic heterocycles. The molecule has 1 aromatic rings. The summed E-state index contributed by atoms with van der Waals surface area (Å²) in [6, 6.07) is 11.1. The van der Waals surface area contributed by atoms with Gasteiger partial charge in [0, 0.05) is 0 Å². The second-order valence-electron chi connectivity index (χ2n) is 47.8. The lowest BCUT2D eigenvalue weighted by atomic mass is 9.27. The van der Waals surface area contributed by atoms with E-state index in [0.29, 0.717) is 0 Å². The molecule has 28 aliphatic rings. The maximum atomic E-state index is 2.46. The van der Waals surface area contributed by atoms with Crippen LogP contribution in [0.4, 0.5) is 0 Å². The number of hydrogen-bond donors (Lipinski definition) is 0. The number of aryl methyl sites for hydroxylation is 1. The molecule has 0 amide bonds. The molecule has 4 unspecified atom stereocenters. The quantitative estimate of drug-likeness (QED) is 0.0905. The largest absolute Gasteiger partial charge is 0.0654 e. The molecule has 0 nitrogen and oxygen atoms in total. The summed E-state index contributed by atoms with van der Waals surface area (Å²) in [4.78, 5) is 0. The van der Waals surface area contributed by atoms with Gasteiger partial charge < -0.3 is 0 Å². The van der Waals surface area contributed by atoms with Gasteiger partial charge in [0.1, 0.15) is 0 Å². The van der Waals surface area contributed by atoms with Crippen LogP contribution in [0.15, 0.2) is 30.3 Å². The van der Waals surface area contributed by atoms with Gasteiger partial charge in [0.05, 0.1) is 0 Å². The zero-order valence-corrected chi connectivity index (χ0v) is 66.5. The molecule has 28 bridgehead atoms. The van der Waals surface area contributed by atoms with Crippen LogP contribution in [0.1, 0.15) is 425 Å². The van der Waals surface area contributed by atoms with Gasteiger partial charge in [0.15, 0.2) is 0 Å². The van der Waals surface area contributed by atoms with Crippen LogP contribution in [0.2, 0.25) is 0 Å². The lowest BCUT2D eigenvalue weighted by Crippen LogP contribution is -2.68. The fraction of sp³-hybridized carbons (Fsp3) is 0.940. The van der Waals surface area contributed by atoms with Crippen molar-refractivity contribution in [2.24, 2.45) is 160 Å². The van der Waals surface area contributed by atoms with E-state index in [1.165, 1.54) is 64.2 Å². The van der Waals surface area contributed by atoms with Crippen molar-refractivity contribution in [1.82, 2.24) is 0 Å². The van der Waals surface area contributed by atoms with Crippen LogP contribution in [0.5, 0.6) is 0 Å². The van der Waals surface area contributed by atoms with Gasteiger partial charge in [0.25, 0.3) is 0 Å². The summed E-state index contributed by atoms with van der Waals surface area (Å²) in [5.41, 5.74) is 10.1. The number of hydrogen-bond acceptors (Lipinski definition) is 0. The van der Waals surface area contributed by atoms with E-state index in [9.17, 15) is 0 Å². The second-order valence-corrected chi connectivity index (χ2v) is 47.8. The molecule has 100 heavy (non-hydrogen) atoms. The van der Waals surface area contributed by atoms with E-state index in [1.54, 1.807) is 339 Å². The maximum absolute atomic E-state index is 2.46. The third-order valence-corrected chi connectivity index (χ3v) is 39.4. The highest BCUT2D eigenvalue weighted by Gasteiger charge is 2.74. The van der Waals surface area contributed by atoms with E-state index in [2.05, 4.69) is 58.0 Å². The molecule has 0 heterocycles. The molecule has 0 N–H and O–H groups in total. The van der Waals surface area contributed by atoms with Gasteiger partial charge in [-0.1, -0.05) is 122 Å². The summed E-state index contributed by atoms with van der Waals surface area (Å²) in [6.45, 7) is 9.82. The van der Waals surface area contributed by atoms with E-state index < -0.39 is 0 Å². The van der Waals surface area contributed by atoms with Gasteiger partial charge in [-0.2, -0.15) is 0 Å². The first-order valence-corrected chi connectivity index (χ1v) is 47.5. The summed E-state index contributed by atoms with van der Waals surface area (Å²) in [7, 11) is 0. The molecular weight excluding hydrogens is 1200 g/mol. The summed E-state index contributed by atoms with van der Waals surface area (Å²) in [5.74, 6) is 19.3. The van der Waals surface area contributed by atoms with E-state index in [0.717, 1.165) is 160 Å². The van der Waals surface area contributed by atoms with Crippen molar-refractivity contribution in [3.8, 4) is 0 Å². The molecule has 28 aliphatic carbocycles. The Hall–Kier alpha value is -0.780. The SMILES string of the molecule is C(CCC12CC3CC(CC(C3)C1)C2)CC12CC3CC(CC(C3)C1)C2.C1C2CC3CC1CC(CCC14CC5CC(CC(C5)C1)C4)(C2)C3.CCCCC12CC3CC(CCCC)(C1)CC(C14CC5CC(CCCC)(CC(CCCC)(C5)C1)C4)(C3)C2.c1ccc(CCC23CC4CC(CC(C4)C2)C3)cc1. The zero-order valence-electron chi connectivity index (χ0n) is 66.5. The molecule has 0 spiro atoms. The van der Waals surface area contributed by atoms with Crippen LogP contribution in [0, 0.1) is 160 Å². The van der Waals surface area contributed by atoms with Crippen molar-refractivity contribution >= 4 is 0 Å². The Morgan fingerprint density at radius 3 is 0.660 bits per heavy atom. The van der Waals surface area contributed by atoms with Crippen LogP contribution < -0.4 is 0 Å². The fourth-order valence-electron chi connectivity index (χ4n) is 39.8. The van der Waals surface area contributed by atoms with Gasteiger partial charge in [-0.25, -0.2) is 0 Å². The van der Waals surface area contributed by atoms with Crippen LogP contribution >= 0.6 is 0 Å². The molecule has 1 aromatic carbocycles.